The Bertz CT molecular complexity index is 783. The minimum absolute atomic E-state index is 0.0260. The molecule has 0 fully saturated rings. The van der Waals surface area contributed by atoms with Gasteiger partial charge in [0.2, 0.25) is 0 Å². The zero-order valence-corrected chi connectivity index (χ0v) is 15.7. The Morgan fingerprint density at radius 2 is 1.68 bits per heavy atom. The Morgan fingerprint density at radius 1 is 1.04 bits per heavy atom. The number of nitrogens with one attached hydrogen (secondary N) is 1. The van der Waals surface area contributed by atoms with Gasteiger partial charge >= 0.3 is 12.6 Å². The molecule has 0 aliphatic heterocycles. The lowest BCUT2D eigenvalue weighted by Gasteiger charge is -2.21. The molecule has 0 spiro atoms. The molecule has 2 atom stereocenters. The maximum Gasteiger partial charge on any atom is 0.387 e. The predicted octanol–water partition coefficient (Wildman–Crippen LogP) is 4.60. The van der Waals surface area contributed by atoms with Crippen LogP contribution in [-0.2, 0) is 14.3 Å². The summed E-state index contributed by atoms with van der Waals surface area (Å²) in [6.45, 7) is 0.372. The fourth-order valence-electron chi connectivity index (χ4n) is 2.77. The summed E-state index contributed by atoms with van der Waals surface area (Å²) >= 11 is 0. The highest BCUT2D eigenvalue weighted by atomic mass is 19.3. The molecule has 2 unspecified atom stereocenters. The highest BCUT2D eigenvalue weighted by Crippen LogP contribution is 2.28. The highest BCUT2D eigenvalue weighted by molar-refractivity contribution is 5.94. The summed E-state index contributed by atoms with van der Waals surface area (Å²) in [4.78, 5) is 24.7. The summed E-state index contributed by atoms with van der Waals surface area (Å²) in [7, 11) is 0. The number of anilines is 1. The largest absolute Gasteiger partial charge is 0.455 e. The SMILES string of the molecule is CCC(C)C(C(=O)OCC(=O)Nc1ccccc1OC(F)F)c1ccccc1. The van der Waals surface area contributed by atoms with Crippen LogP contribution in [0.25, 0.3) is 0 Å². The van der Waals surface area contributed by atoms with E-state index in [0.29, 0.717) is 0 Å². The number of hydrogen-bond acceptors (Lipinski definition) is 4. The number of alkyl halides is 2. The molecule has 28 heavy (non-hydrogen) atoms. The predicted molar refractivity (Wildman–Crippen MR) is 101 cm³/mol. The van der Waals surface area contributed by atoms with E-state index in [4.69, 9.17) is 4.74 Å². The van der Waals surface area contributed by atoms with Crippen LogP contribution in [0.4, 0.5) is 14.5 Å². The van der Waals surface area contributed by atoms with Crippen LogP contribution in [0.15, 0.2) is 54.6 Å². The molecule has 150 valence electrons. The van der Waals surface area contributed by atoms with E-state index in [1.54, 1.807) is 6.07 Å². The molecule has 7 heteroatoms. The Morgan fingerprint density at radius 3 is 2.32 bits per heavy atom. The average molecular weight is 391 g/mol. The van der Waals surface area contributed by atoms with Gasteiger partial charge in [-0.2, -0.15) is 8.78 Å². The first-order chi connectivity index (χ1) is 13.4. The van der Waals surface area contributed by atoms with Gasteiger partial charge in [-0.25, -0.2) is 0 Å². The number of rotatable bonds is 9. The van der Waals surface area contributed by atoms with Crippen molar-refractivity contribution >= 4 is 17.6 Å². The smallest absolute Gasteiger partial charge is 0.387 e. The maximum atomic E-state index is 12.6. The van der Waals surface area contributed by atoms with Crippen LogP contribution < -0.4 is 10.1 Å². The van der Waals surface area contributed by atoms with Gasteiger partial charge in [0, 0.05) is 0 Å². The monoisotopic (exact) mass is 391 g/mol. The van der Waals surface area contributed by atoms with Gasteiger partial charge < -0.3 is 14.8 Å². The maximum absolute atomic E-state index is 12.6. The van der Waals surface area contributed by atoms with Crippen molar-refractivity contribution in [2.75, 3.05) is 11.9 Å². The Labute approximate surface area is 162 Å². The first-order valence-electron chi connectivity index (χ1n) is 8.97. The molecule has 2 aromatic rings. The normalized spacial score (nSPS) is 12.9. The summed E-state index contributed by atoms with van der Waals surface area (Å²) in [5, 5.41) is 2.42. The van der Waals surface area contributed by atoms with Gasteiger partial charge in [-0.3, -0.25) is 9.59 Å². The van der Waals surface area contributed by atoms with Crippen molar-refractivity contribution in [2.45, 2.75) is 32.8 Å². The van der Waals surface area contributed by atoms with Crippen molar-refractivity contribution in [2.24, 2.45) is 5.92 Å². The van der Waals surface area contributed by atoms with Gasteiger partial charge in [0.05, 0.1) is 11.6 Å². The number of amides is 1. The second kappa shape index (κ2) is 10.4. The fourth-order valence-corrected chi connectivity index (χ4v) is 2.77. The number of carbonyl (C=O) groups excluding carboxylic acids is 2. The minimum atomic E-state index is -3.02. The summed E-state index contributed by atoms with van der Waals surface area (Å²) in [5.74, 6) is -1.78. The van der Waals surface area contributed by atoms with Crippen molar-refractivity contribution in [3.63, 3.8) is 0 Å². The second-order valence-corrected chi connectivity index (χ2v) is 6.30. The van der Waals surface area contributed by atoms with Crippen molar-refractivity contribution in [1.29, 1.82) is 0 Å². The van der Waals surface area contributed by atoms with Gasteiger partial charge in [-0.05, 0) is 23.6 Å². The number of carbonyl (C=O) groups is 2. The molecule has 2 aromatic carbocycles. The Hall–Kier alpha value is -2.96. The number of ether oxygens (including phenoxy) is 2. The van der Waals surface area contributed by atoms with Gasteiger partial charge in [-0.15, -0.1) is 0 Å². The molecule has 0 heterocycles. The molecule has 0 aliphatic carbocycles. The van der Waals surface area contributed by atoms with E-state index in [1.165, 1.54) is 18.2 Å². The molecular formula is C21H23F2NO4. The lowest BCUT2D eigenvalue weighted by molar-refractivity contribution is -0.150. The standard InChI is InChI=1S/C21H23F2NO4/c1-3-14(2)19(15-9-5-4-6-10-15)20(26)27-13-18(25)24-16-11-7-8-12-17(16)28-21(22)23/h4-12,14,19,21H,3,13H2,1-2H3,(H,24,25). The van der Waals surface area contributed by atoms with Crippen LogP contribution in [0.3, 0.4) is 0 Å². The lowest BCUT2D eigenvalue weighted by Crippen LogP contribution is -2.27. The van der Waals surface area contributed by atoms with Crippen LogP contribution in [0.1, 0.15) is 31.7 Å². The zero-order valence-electron chi connectivity index (χ0n) is 15.7. The van der Waals surface area contributed by atoms with E-state index in [9.17, 15) is 18.4 Å². The third-order valence-corrected chi connectivity index (χ3v) is 4.35. The van der Waals surface area contributed by atoms with E-state index >= 15 is 0 Å². The number of halogens is 2. The summed E-state index contributed by atoms with van der Waals surface area (Å²) < 4.78 is 34.4. The molecule has 1 N–H and O–H groups in total. The third-order valence-electron chi connectivity index (χ3n) is 4.35. The number of esters is 1. The summed E-state index contributed by atoms with van der Waals surface area (Å²) in [6, 6.07) is 15.0. The van der Waals surface area contributed by atoms with Gasteiger partial charge in [0.1, 0.15) is 5.75 Å². The first kappa shape index (κ1) is 21.3. The van der Waals surface area contributed by atoms with E-state index in [-0.39, 0.29) is 17.4 Å². The first-order valence-corrected chi connectivity index (χ1v) is 8.97. The molecule has 0 aromatic heterocycles. The van der Waals surface area contributed by atoms with Crippen molar-refractivity contribution in [3.8, 4) is 5.75 Å². The van der Waals surface area contributed by atoms with Gasteiger partial charge in [-0.1, -0.05) is 62.7 Å². The fraction of sp³-hybridized carbons (Fsp3) is 0.333. The van der Waals surface area contributed by atoms with Gasteiger partial charge in [0.15, 0.2) is 6.61 Å². The van der Waals surface area contributed by atoms with Crippen LogP contribution in [-0.4, -0.2) is 25.1 Å². The molecule has 0 saturated heterocycles. The van der Waals surface area contributed by atoms with Gasteiger partial charge in [0.25, 0.3) is 5.91 Å². The second-order valence-electron chi connectivity index (χ2n) is 6.30. The molecule has 2 rings (SSSR count). The molecular weight excluding hydrogens is 368 g/mol. The van der Waals surface area contributed by atoms with E-state index in [1.807, 2.05) is 44.2 Å². The van der Waals surface area contributed by atoms with Crippen LogP contribution in [0, 0.1) is 5.92 Å². The van der Waals surface area contributed by atoms with E-state index in [0.717, 1.165) is 12.0 Å². The molecule has 0 bridgehead atoms. The minimum Gasteiger partial charge on any atom is -0.455 e. The summed E-state index contributed by atoms with van der Waals surface area (Å²) in [5.41, 5.74) is 0.892. The van der Waals surface area contributed by atoms with Crippen LogP contribution in [0.5, 0.6) is 5.75 Å². The van der Waals surface area contributed by atoms with Crippen molar-refractivity contribution < 1.29 is 27.8 Å². The molecule has 0 aliphatic rings. The van der Waals surface area contributed by atoms with Crippen molar-refractivity contribution in [1.82, 2.24) is 0 Å². The van der Waals surface area contributed by atoms with Crippen LogP contribution in [0.2, 0.25) is 0 Å². The highest BCUT2D eigenvalue weighted by Gasteiger charge is 2.27. The average Bonchev–Trinajstić information content (AvgIpc) is 2.68. The topological polar surface area (TPSA) is 64.6 Å². The third kappa shape index (κ3) is 6.04. The van der Waals surface area contributed by atoms with E-state index < -0.39 is 31.0 Å². The van der Waals surface area contributed by atoms with Crippen molar-refractivity contribution in [3.05, 3.63) is 60.2 Å². The molecule has 0 radical (unpaired) electrons. The Balaban J connectivity index is 2.00. The zero-order chi connectivity index (χ0) is 20.5. The number of benzene rings is 2. The molecule has 1 amide bonds. The van der Waals surface area contributed by atoms with E-state index in [2.05, 4.69) is 10.1 Å². The van der Waals surface area contributed by atoms with Crippen LogP contribution >= 0.6 is 0 Å². The Kier molecular flexibility index (Phi) is 7.92. The number of hydrogen-bond donors (Lipinski definition) is 1. The number of para-hydroxylation sites is 2. The lowest BCUT2D eigenvalue weighted by atomic mass is 9.86. The molecule has 5 nitrogen and oxygen atoms in total. The molecule has 0 saturated carbocycles. The quantitative estimate of drug-likeness (QED) is 0.635. The summed E-state index contributed by atoms with van der Waals surface area (Å²) in [6.07, 6.45) is 0.763.